The van der Waals surface area contributed by atoms with Gasteiger partial charge >= 0.3 is 12.5 Å². The number of ether oxygens (including phenoxy) is 1. The second-order valence-electron chi connectivity index (χ2n) is 4.38. The van der Waals surface area contributed by atoms with Crippen LogP contribution in [0, 0.1) is 0 Å². The molecule has 0 bridgehead atoms. The van der Waals surface area contributed by atoms with Crippen LogP contribution >= 0.6 is 11.3 Å². The van der Waals surface area contributed by atoms with Crippen molar-refractivity contribution >= 4 is 17.2 Å². The van der Waals surface area contributed by atoms with Crippen molar-refractivity contribution in [3.05, 3.63) is 34.4 Å². The number of aromatic nitrogens is 2. The molecule has 0 saturated heterocycles. The molecule has 2 aromatic heterocycles. The van der Waals surface area contributed by atoms with Gasteiger partial charge in [0, 0.05) is 12.4 Å². The molecule has 0 amide bonds. The third kappa shape index (κ3) is 4.98. The quantitative estimate of drug-likeness (QED) is 0.773. The number of hydrogen-bond acceptors (Lipinski definition) is 5. The SMILES string of the molecule is CN(Cc1nc(C(F)(F)F)cs1)c1ccc(OC(F)(F)F)cn1. The number of anilines is 1. The van der Waals surface area contributed by atoms with Gasteiger partial charge in [-0.15, -0.1) is 24.5 Å². The summed E-state index contributed by atoms with van der Waals surface area (Å²) in [6.45, 7) is 0.0349. The third-order valence-corrected chi connectivity index (χ3v) is 3.39. The summed E-state index contributed by atoms with van der Waals surface area (Å²) in [5.41, 5.74) is -0.979. The van der Waals surface area contributed by atoms with Gasteiger partial charge in [-0.1, -0.05) is 0 Å². The first-order valence-electron chi connectivity index (χ1n) is 5.99. The molecule has 0 saturated carbocycles. The number of thiazole rings is 1. The highest BCUT2D eigenvalue weighted by Crippen LogP contribution is 2.30. The van der Waals surface area contributed by atoms with E-state index in [0.717, 1.165) is 29.0 Å². The standard InChI is InChI=1S/C12H9F6N3OS/c1-21(5-10-20-8(6-23-10)11(13,14)15)9-3-2-7(4-19-9)22-12(16,17)18/h2-4,6H,5H2,1H3. The second-order valence-corrected chi connectivity index (χ2v) is 5.32. The minimum atomic E-state index is -4.82. The van der Waals surface area contributed by atoms with Crippen LogP contribution < -0.4 is 9.64 Å². The van der Waals surface area contributed by atoms with Crippen molar-refractivity contribution in [1.82, 2.24) is 9.97 Å². The van der Waals surface area contributed by atoms with Crippen LogP contribution in [0.2, 0.25) is 0 Å². The monoisotopic (exact) mass is 357 g/mol. The first-order valence-corrected chi connectivity index (χ1v) is 6.87. The molecule has 0 unspecified atom stereocenters. The van der Waals surface area contributed by atoms with Crippen molar-refractivity contribution in [2.45, 2.75) is 19.1 Å². The van der Waals surface area contributed by atoms with Gasteiger partial charge in [0.1, 0.15) is 16.6 Å². The van der Waals surface area contributed by atoms with Crippen LogP contribution in [0.25, 0.3) is 0 Å². The maximum absolute atomic E-state index is 12.5. The van der Waals surface area contributed by atoms with Crippen molar-refractivity contribution in [2.24, 2.45) is 0 Å². The van der Waals surface area contributed by atoms with Gasteiger partial charge in [0.15, 0.2) is 5.69 Å². The van der Waals surface area contributed by atoms with Gasteiger partial charge in [0.2, 0.25) is 0 Å². The van der Waals surface area contributed by atoms with Crippen LogP contribution in [-0.2, 0) is 12.7 Å². The van der Waals surface area contributed by atoms with E-state index < -0.39 is 24.0 Å². The minimum absolute atomic E-state index is 0.0349. The smallest absolute Gasteiger partial charge is 0.404 e. The molecule has 2 heterocycles. The number of halogens is 6. The highest BCUT2D eigenvalue weighted by molar-refractivity contribution is 7.09. The van der Waals surface area contributed by atoms with Crippen LogP contribution in [0.1, 0.15) is 10.7 Å². The molecular weight excluding hydrogens is 348 g/mol. The van der Waals surface area contributed by atoms with E-state index in [1.54, 1.807) is 0 Å². The lowest BCUT2D eigenvalue weighted by Gasteiger charge is -2.17. The second kappa shape index (κ2) is 6.22. The summed E-state index contributed by atoms with van der Waals surface area (Å²) < 4.78 is 77.1. The molecule has 0 aromatic carbocycles. The number of rotatable bonds is 4. The summed E-state index contributed by atoms with van der Waals surface area (Å²) in [6, 6.07) is 2.33. The summed E-state index contributed by atoms with van der Waals surface area (Å²) in [6.07, 6.45) is -8.45. The molecule has 4 nitrogen and oxygen atoms in total. The van der Waals surface area contributed by atoms with E-state index in [2.05, 4.69) is 14.7 Å². The summed E-state index contributed by atoms with van der Waals surface area (Å²) in [4.78, 5) is 8.69. The van der Waals surface area contributed by atoms with Gasteiger partial charge in [0.25, 0.3) is 0 Å². The third-order valence-electron chi connectivity index (χ3n) is 2.56. The highest BCUT2D eigenvalue weighted by atomic mass is 32.1. The highest BCUT2D eigenvalue weighted by Gasteiger charge is 2.34. The summed E-state index contributed by atoms with van der Waals surface area (Å²) in [5, 5.41) is 1.11. The molecule has 2 rings (SSSR count). The van der Waals surface area contributed by atoms with Crippen LogP contribution in [0.3, 0.4) is 0 Å². The van der Waals surface area contributed by atoms with Gasteiger partial charge in [0.05, 0.1) is 12.7 Å². The fraction of sp³-hybridized carbons (Fsp3) is 0.333. The van der Waals surface area contributed by atoms with Gasteiger partial charge in [-0.25, -0.2) is 9.97 Å². The Morgan fingerprint density at radius 2 is 1.87 bits per heavy atom. The Morgan fingerprint density at radius 1 is 1.17 bits per heavy atom. The molecule has 0 N–H and O–H groups in total. The van der Waals surface area contributed by atoms with Crippen molar-refractivity contribution in [1.29, 1.82) is 0 Å². The molecular formula is C12H9F6N3OS. The molecule has 0 radical (unpaired) electrons. The van der Waals surface area contributed by atoms with E-state index in [1.807, 2.05) is 0 Å². The van der Waals surface area contributed by atoms with Crippen LogP contribution in [-0.4, -0.2) is 23.4 Å². The van der Waals surface area contributed by atoms with Gasteiger partial charge in [-0.3, -0.25) is 0 Å². The molecule has 0 fully saturated rings. The van der Waals surface area contributed by atoms with Crippen molar-refractivity contribution < 1.29 is 31.1 Å². The molecule has 0 atom stereocenters. The average Bonchev–Trinajstić information content (AvgIpc) is 2.86. The zero-order valence-corrected chi connectivity index (χ0v) is 12.3. The van der Waals surface area contributed by atoms with E-state index in [4.69, 9.17) is 0 Å². The Kier molecular flexibility index (Phi) is 4.68. The van der Waals surface area contributed by atoms with E-state index in [0.29, 0.717) is 0 Å². The Balaban J connectivity index is 2.03. The molecule has 0 aliphatic carbocycles. The van der Waals surface area contributed by atoms with Crippen LogP contribution in [0.15, 0.2) is 23.7 Å². The molecule has 0 aliphatic rings. The molecule has 11 heteroatoms. The Hall–Kier alpha value is -2.04. The van der Waals surface area contributed by atoms with E-state index >= 15 is 0 Å². The zero-order valence-electron chi connectivity index (χ0n) is 11.4. The predicted molar refractivity (Wildman–Crippen MR) is 70.1 cm³/mol. The van der Waals surface area contributed by atoms with E-state index in [9.17, 15) is 26.3 Å². The molecule has 0 aliphatic heterocycles. The fourth-order valence-corrected chi connectivity index (χ4v) is 2.44. The van der Waals surface area contributed by atoms with Crippen LogP contribution in [0.4, 0.5) is 32.2 Å². The van der Waals surface area contributed by atoms with Gasteiger partial charge in [-0.05, 0) is 12.1 Å². The van der Waals surface area contributed by atoms with E-state index in [1.165, 1.54) is 18.0 Å². The summed E-state index contributed by atoms with van der Waals surface area (Å²) in [5.74, 6) is -0.216. The van der Waals surface area contributed by atoms with Crippen molar-refractivity contribution in [2.75, 3.05) is 11.9 Å². The minimum Gasteiger partial charge on any atom is -0.404 e. The maximum atomic E-state index is 12.5. The Labute approximate surface area is 130 Å². The topological polar surface area (TPSA) is 38.2 Å². The number of nitrogens with zero attached hydrogens (tertiary/aromatic N) is 3. The van der Waals surface area contributed by atoms with Crippen molar-refractivity contribution in [3.63, 3.8) is 0 Å². The first-order chi connectivity index (χ1) is 10.5. The molecule has 23 heavy (non-hydrogen) atoms. The lowest BCUT2D eigenvalue weighted by atomic mass is 10.4. The predicted octanol–water partition coefficient (Wildman–Crippen LogP) is 4.09. The maximum Gasteiger partial charge on any atom is 0.573 e. The average molecular weight is 357 g/mol. The zero-order chi connectivity index (χ0) is 17.3. The normalized spacial score (nSPS) is 12.3. The van der Waals surface area contributed by atoms with Gasteiger partial charge in [-0.2, -0.15) is 13.2 Å². The molecule has 0 spiro atoms. The summed E-state index contributed by atoms with van der Waals surface area (Å²) in [7, 11) is 1.53. The number of pyridine rings is 1. The first kappa shape index (κ1) is 17.3. The van der Waals surface area contributed by atoms with Crippen LogP contribution in [0.5, 0.6) is 5.75 Å². The lowest BCUT2D eigenvalue weighted by Crippen LogP contribution is -2.19. The number of hydrogen-bond donors (Lipinski definition) is 0. The summed E-state index contributed by atoms with van der Waals surface area (Å²) >= 11 is 0.836. The van der Waals surface area contributed by atoms with Gasteiger partial charge < -0.3 is 9.64 Å². The van der Waals surface area contributed by atoms with E-state index in [-0.39, 0.29) is 17.4 Å². The Bertz CT molecular complexity index is 652. The Morgan fingerprint density at radius 3 is 2.35 bits per heavy atom. The molecule has 126 valence electrons. The number of alkyl halides is 6. The largest absolute Gasteiger partial charge is 0.573 e. The molecule has 2 aromatic rings. The fourth-order valence-electron chi connectivity index (χ4n) is 1.59. The lowest BCUT2D eigenvalue weighted by molar-refractivity contribution is -0.274. The van der Waals surface area contributed by atoms with Crippen molar-refractivity contribution in [3.8, 4) is 5.75 Å².